The van der Waals surface area contributed by atoms with E-state index in [0.29, 0.717) is 0 Å². The second-order valence-corrected chi connectivity index (χ2v) is 3.53. The molecule has 1 aromatic rings. The molecule has 0 fully saturated rings. The van der Waals surface area contributed by atoms with E-state index < -0.39 is 0 Å². The summed E-state index contributed by atoms with van der Waals surface area (Å²) in [6.45, 7) is 6.01. The van der Waals surface area contributed by atoms with Crippen LogP contribution >= 0.6 is 12.6 Å². The van der Waals surface area contributed by atoms with E-state index >= 15 is 0 Å². The molecule has 0 saturated carbocycles. The molecule has 72 valence electrons. The number of hydrogen-bond acceptors (Lipinski definition) is 2. The molecule has 1 heterocycles. The van der Waals surface area contributed by atoms with Gasteiger partial charge < -0.3 is 0 Å². The monoisotopic (exact) mass is 195 g/mol. The van der Waals surface area contributed by atoms with Crippen molar-refractivity contribution in [2.75, 3.05) is 0 Å². The highest BCUT2D eigenvalue weighted by molar-refractivity contribution is 7.80. The van der Waals surface area contributed by atoms with E-state index in [4.69, 9.17) is 0 Å². The van der Waals surface area contributed by atoms with E-state index in [1.165, 1.54) is 24.1 Å². The molecule has 2 rings (SSSR count). The maximum absolute atomic E-state index is 4.48. The van der Waals surface area contributed by atoms with Crippen molar-refractivity contribution in [1.82, 2.24) is 4.98 Å². The second kappa shape index (κ2) is 4.66. The normalized spacial score (nSPS) is 13.2. The van der Waals surface area contributed by atoms with Crippen LogP contribution in [0.25, 0.3) is 0 Å². The van der Waals surface area contributed by atoms with Crippen LogP contribution in [0.15, 0.2) is 11.0 Å². The first-order chi connectivity index (χ1) is 6.27. The first-order valence-electron chi connectivity index (χ1n) is 4.96. The van der Waals surface area contributed by atoms with Crippen molar-refractivity contribution >= 4 is 12.6 Å². The third-order valence-corrected chi connectivity index (χ3v) is 2.67. The van der Waals surface area contributed by atoms with Crippen molar-refractivity contribution in [3.8, 4) is 0 Å². The van der Waals surface area contributed by atoms with E-state index in [2.05, 4.69) is 23.7 Å². The highest BCUT2D eigenvalue weighted by Gasteiger charge is 2.12. The lowest BCUT2D eigenvalue weighted by Crippen LogP contribution is -1.91. The standard InChI is InChI=1S/C9H11NS.C2H6/c1-6-9(11)5-7-3-2-4-8(7)10-6;1-2/h5,11H,2-4H2,1H3;1-2H3. The van der Waals surface area contributed by atoms with Gasteiger partial charge in [0.1, 0.15) is 0 Å². The van der Waals surface area contributed by atoms with Gasteiger partial charge in [-0.25, -0.2) is 0 Å². The van der Waals surface area contributed by atoms with Gasteiger partial charge in [0.15, 0.2) is 0 Å². The molecule has 13 heavy (non-hydrogen) atoms. The fourth-order valence-electron chi connectivity index (χ4n) is 1.56. The van der Waals surface area contributed by atoms with Gasteiger partial charge in [-0.1, -0.05) is 13.8 Å². The van der Waals surface area contributed by atoms with Gasteiger partial charge in [-0.15, -0.1) is 12.6 Å². The van der Waals surface area contributed by atoms with Crippen LogP contribution in [0.1, 0.15) is 37.2 Å². The second-order valence-electron chi connectivity index (χ2n) is 3.05. The number of fused-ring (bicyclic) bond motifs is 1. The van der Waals surface area contributed by atoms with E-state index in [1.54, 1.807) is 0 Å². The van der Waals surface area contributed by atoms with Crippen LogP contribution < -0.4 is 0 Å². The summed E-state index contributed by atoms with van der Waals surface area (Å²) in [4.78, 5) is 5.51. The number of pyridine rings is 1. The largest absolute Gasteiger partial charge is 0.257 e. The van der Waals surface area contributed by atoms with Crippen LogP contribution in [0.2, 0.25) is 0 Å². The summed E-state index contributed by atoms with van der Waals surface area (Å²) in [5, 5.41) is 0. The molecular weight excluding hydrogens is 178 g/mol. The SMILES string of the molecule is CC.Cc1nc2c(cc1S)CCC2. The first kappa shape index (κ1) is 10.6. The zero-order valence-electron chi connectivity index (χ0n) is 8.59. The number of nitrogens with zero attached hydrogens (tertiary/aromatic N) is 1. The molecule has 0 bridgehead atoms. The third kappa shape index (κ3) is 2.25. The minimum Gasteiger partial charge on any atom is -0.257 e. The predicted molar refractivity (Wildman–Crippen MR) is 59.6 cm³/mol. The van der Waals surface area contributed by atoms with Gasteiger partial charge >= 0.3 is 0 Å². The van der Waals surface area contributed by atoms with Crippen LogP contribution in [0.4, 0.5) is 0 Å². The van der Waals surface area contributed by atoms with Crippen LogP contribution in [-0.4, -0.2) is 4.98 Å². The fourth-order valence-corrected chi connectivity index (χ4v) is 1.77. The Balaban J connectivity index is 0.000000396. The molecule has 0 N–H and O–H groups in total. The summed E-state index contributed by atoms with van der Waals surface area (Å²) in [5.74, 6) is 0. The molecule has 1 aliphatic carbocycles. The Morgan fingerprint density at radius 2 is 2.00 bits per heavy atom. The molecule has 0 aliphatic heterocycles. The van der Waals surface area contributed by atoms with Gasteiger partial charge in [-0.3, -0.25) is 4.98 Å². The number of aryl methyl sites for hydroxylation is 3. The van der Waals surface area contributed by atoms with Crippen molar-refractivity contribution in [3.63, 3.8) is 0 Å². The van der Waals surface area contributed by atoms with E-state index in [1.807, 2.05) is 20.8 Å². The van der Waals surface area contributed by atoms with Crippen LogP contribution in [0, 0.1) is 6.92 Å². The Morgan fingerprint density at radius 1 is 1.31 bits per heavy atom. The molecule has 0 saturated heterocycles. The molecule has 0 radical (unpaired) electrons. The van der Waals surface area contributed by atoms with Crippen LogP contribution in [-0.2, 0) is 12.8 Å². The molecule has 0 atom stereocenters. The Kier molecular flexibility index (Phi) is 3.79. The van der Waals surface area contributed by atoms with Crippen molar-refractivity contribution in [2.24, 2.45) is 0 Å². The Morgan fingerprint density at radius 3 is 2.69 bits per heavy atom. The van der Waals surface area contributed by atoms with Gasteiger partial charge in [0.25, 0.3) is 0 Å². The lowest BCUT2D eigenvalue weighted by Gasteiger charge is -2.02. The molecule has 1 nitrogen and oxygen atoms in total. The molecule has 1 aliphatic rings. The molecule has 2 heteroatoms. The molecule has 0 spiro atoms. The molecule has 0 amide bonds. The number of hydrogen-bond donors (Lipinski definition) is 1. The molecule has 0 aromatic carbocycles. The Labute approximate surface area is 86.0 Å². The summed E-state index contributed by atoms with van der Waals surface area (Å²) in [6, 6.07) is 2.16. The van der Waals surface area contributed by atoms with Crippen LogP contribution in [0.3, 0.4) is 0 Å². The maximum atomic E-state index is 4.48. The van der Waals surface area contributed by atoms with Crippen molar-refractivity contribution in [3.05, 3.63) is 23.0 Å². The van der Waals surface area contributed by atoms with Crippen molar-refractivity contribution in [1.29, 1.82) is 0 Å². The minimum absolute atomic E-state index is 1.03. The summed E-state index contributed by atoms with van der Waals surface area (Å²) >= 11 is 4.33. The first-order valence-corrected chi connectivity index (χ1v) is 5.40. The van der Waals surface area contributed by atoms with E-state index in [0.717, 1.165) is 17.0 Å². The summed E-state index contributed by atoms with van der Waals surface area (Å²) in [7, 11) is 0. The fraction of sp³-hybridized carbons (Fsp3) is 0.545. The van der Waals surface area contributed by atoms with E-state index in [9.17, 15) is 0 Å². The molecule has 1 aromatic heterocycles. The topological polar surface area (TPSA) is 12.9 Å². The summed E-state index contributed by atoms with van der Waals surface area (Å²) < 4.78 is 0. The summed E-state index contributed by atoms with van der Waals surface area (Å²) in [6.07, 6.45) is 3.61. The minimum atomic E-state index is 1.03. The zero-order valence-corrected chi connectivity index (χ0v) is 9.49. The van der Waals surface area contributed by atoms with Gasteiger partial charge in [0.05, 0.1) is 5.69 Å². The third-order valence-electron chi connectivity index (χ3n) is 2.21. The quantitative estimate of drug-likeness (QED) is 0.627. The van der Waals surface area contributed by atoms with Gasteiger partial charge in [-0.2, -0.15) is 0 Å². The van der Waals surface area contributed by atoms with Gasteiger partial charge in [0, 0.05) is 10.6 Å². The van der Waals surface area contributed by atoms with E-state index in [-0.39, 0.29) is 0 Å². The van der Waals surface area contributed by atoms with Crippen molar-refractivity contribution < 1.29 is 0 Å². The molecule has 0 unspecified atom stereocenters. The zero-order chi connectivity index (χ0) is 9.84. The number of rotatable bonds is 0. The number of thiol groups is 1. The average Bonchev–Trinajstić information content (AvgIpc) is 2.56. The average molecular weight is 195 g/mol. The lowest BCUT2D eigenvalue weighted by molar-refractivity contribution is 0.896. The predicted octanol–water partition coefficient (Wildman–Crippen LogP) is 3.19. The Hall–Kier alpha value is -0.500. The van der Waals surface area contributed by atoms with Gasteiger partial charge in [0.2, 0.25) is 0 Å². The maximum Gasteiger partial charge on any atom is 0.0509 e. The van der Waals surface area contributed by atoms with Crippen LogP contribution in [0.5, 0.6) is 0 Å². The lowest BCUT2D eigenvalue weighted by atomic mass is 10.2. The highest BCUT2D eigenvalue weighted by atomic mass is 32.1. The highest BCUT2D eigenvalue weighted by Crippen LogP contribution is 2.23. The molecular formula is C11H17NS. The summed E-state index contributed by atoms with van der Waals surface area (Å²) in [5.41, 5.74) is 3.76. The Bertz CT molecular complexity index is 265. The smallest absolute Gasteiger partial charge is 0.0509 e. The number of aromatic nitrogens is 1. The van der Waals surface area contributed by atoms with Crippen molar-refractivity contribution in [2.45, 2.75) is 44.9 Å². The van der Waals surface area contributed by atoms with Gasteiger partial charge in [-0.05, 0) is 37.8 Å².